The van der Waals surface area contributed by atoms with Crippen LogP contribution in [0.15, 0.2) is 12.1 Å². The molecule has 0 saturated carbocycles. The molecular weight excluding hydrogens is 230 g/mol. The minimum Gasteiger partial charge on any atom is -0.382 e. The van der Waals surface area contributed by atoms with Crippen LogP contribution in [0.4, 0.5) is 5.82 Å². The third kappa shape index (κ3) is 2.59. The summed E-state index contributed by atoms with van der Waals surface area (Å²) in [5, 5.41) is 7.56. The molecule has 0 aliphatic carbocycles. The fourth-order valence-electron chi connectivity index (χ4n) is 2.19. The second-order valence-electron chi connectivity index (χ2n) is 4.64. The molecule has 1 aliphatic rings. The van der Waals surface area contributed by atoms with E-state index in [0.29, 0.717) is 17.6 Å². The maximum atomic E-state index is 12.2. The van der Waals surface area contributed by atoms with Gasteiger partial charge in [-0.15, -0.1) is 10.2 Å². The third-order valence-corrected chi connectivity index (χ3v) is 3.44. The van der Waals surface area contributed by atoms with Crippen molar-refractivity contribution in [2.24, 2.45) is 0 Å². The monoisotopic (exact) mass is 249 g/mol. The number of anilines is 1. The van der Waals surface area contributed by atoms with Crippen LogP contribution in [0.5, 0.6) is 0 Å². The van der Waals surface area contributed by atoms with Crippen LogP contribution in [-0.2, 0) is 0 Å². The molecule has 2 heterocycles. The highest BCUT2D eigenvalue weighted by atomic mass is 16.2. The number of rotatable bonds is 2. The SMILES string of the molecule is CCC1CN(C(=O)c2ccc(N)nn2)CCN1C. The number of piperazine rings is 1. The first-order chi connectivity index (χ1) is 8.61. The molecule has 1 fully saturated rings. The van der Waals surface area contributed by atoms with Crippen LogP contribution < -0.4 is 5.73 Å². The topological polar surface area (TPSA) is 75.3 Å². The van der Waals surface area contributed by atoms with Crippen molar-refractivity contribution >= 4 is 11.7 Å². The highest BCUT2D eigenvalue weighted by molar-refractivity contribution is 5.92. The largest absolute Gasteiger partial charge is 0.382 e. The minimum absolute atomic E-state index is 0.0611. The molecule has 0 bridgehead atoms. The summed E-state index contributed by atoms with van der Waals surface area (Å²) in [7, 11) is 2.10. The number of carbonyl (C=O) groups excluding carboxylic acids is 1. The summed E-state index contributed by atoms with van der Waals surface area (Å²) >= 11 is 0. The average molecular weight is 249 g/mol. The molecule has 0 aromatic carbocycles. The van der Waals surface area contributed by atoms with Crippen molar-refractivity contribution in [2.75, 3.05) is 32.4 Å². The molecule has 2 N–H and O–H groups in total. The lowest BCUT2D eigenvalue weighted by molar-refractivity contribution is 0.0535. The van der Waals surface area contributed by atoms with Crippen molar-refractivity contribution in [1.29, 1.82) is 0 Å². The van der Waals surface area contributed by atoms with Crippen molar-refractivity contribution in [3.8, 4) is 0 Å². The molecule has 18 heavy (non-hydrogen) atoms. The molecule has 6 heteroatoms. The van der Waals surface area contributed by atoms with E-state index in [1.165, 1.54) is 0 Å². The molecule has 98 valence electrons. The van der Waals surface area contributed by atoms with Gasteiger partial charge in [0.1, 0.15) is 5.82 Å². The van der Waals surface area contributed by atoms with Gasteiger partial charge in [-0.1, -0.05) is 6.92 Å². The van der Waals surface area contributed by atoms with Gasteiger partial charge in [0.2, 0.25) is 0 Å². The maximum Gasteiger partial charge on any atom is 0.274 e. The van der Waals surface area contributed by atoms with Crippen LogP contribution in [0.2, 0.25) is 0 Å². The number of nitrogens with two attached hydrogens (primary N) is 1. The van der Waals surface area contributed by atoms with E-state index in [4.69, 9.17) is 5.73 Å². The maximum absolute atomic E-state index is 12.2. The Hall–Kier alpha value is -1.69. The van der Waals surface area contributed by atoms with Crippen molar-refractivity contribution in [1.82, 2.24) is 20.0 Å². The Labute approximate surface area is 107 Å². The van der Waals surface area contributed by atoms with Crippen LogP contribution >= 0.6 is 0 Å². The van der Waals surface area contributed by atoms with Gasteiger partial charge in [-0.3, -0.25) is 9.69 Å². The number of amides is 1. The summed E-state index contributed by atoms with van der Waals surface area (Å²) in [6, 6.07) is 3.65. The van der Waals surface area contributed by atoms with E-state index in [1.54, 1.807) is 12.1 Å². The van der Waals surface area contributed by atoms with Crippen molar-refractivity contribution in [2.45, 2.75) is 19.4 Å². The van der Waals surface area contributed by atoms with E-state index in [1.807, 2.05) is 4.90 Å². The van der Waals surface area contributed by atoms with Crippen molar-refractivity contribution in [3.63, 3.8) is 0 Å². The normalized spacial score (nSPS) is 21.0. The lowest BCUT2D eigenvalue weighted by atomic mass is 10.1. The van der Waals surface area contributed by atoms with Gasteiger partial charge in [0.15, 0.2) is 5.69 Å². The quantitative estimate of drug-likeness (QED) is 0.811. The zero-order valence-corrected chi connectivity index (χ0v) is 10.8. The Morgan fingerprint density at radius 1 is 1.44 bits per heavy atom. The molecule has 1 aromatic heterocycles. The molecule has 1 aromatic rings. The predicted molar refractivity (Wildman–Crippen MR) is 69.1 cm³/mol. The molecule has 0 spiro atoms. The second kappa shape index (κ2) is 5.30. The smallest absolute Gasteiger partial charge is 0.274 e. The third-order valence-electron chi connectivity index (χ3n) is 3.44. The summed E-state index contributed by atoms with van der Waals surface area (Å²) in [6.07, 6.45) is 1.04. The number of carbonyl (C=O) groups is 1. The highest BCUT2D eigenvalue weighted by Crippen LogP contribution is 2.13. The van der Waals surface area contributed by atoms with Crippen molar-refractivity contribution < 1.29 is 4.79 Å². The number of aromatic nitrogens is 2. The van der Waals surface area contributed by atoms with Gasteiger partial charge in [0.25, 0.3) is 5.91 Å². The molecule has 1 amide bonds. The average Bonchev–Trinajstić information content (AvgIpc) is 2.39. The molecule has 0 radical (unpaired) electrons. The molecule has 1 unspecified atom stereocenters. The van der Waals surface area contributed by atoms with Gasteiger partial charge < -0.3 is 10.6 Å². The zero-order chi connectivity index (χ0) is 13.1. The molecule has 2 rings (SSSR count). The first-order valence-corrected chi connectivity index (χ1v) is 6.20. The molecular formula is C12H19N5O. The lowest BCUT2D eigenvalue weighted by Gasteiger charge is -2.38. The molecule has 1 atom stereocenters. The Morgan fingerprint density at radius 3 is 2.83 bits per heavy atom. The number of nitrogen functional groups attached to an aromatic ring is 1. The van der Waals surface area contributed by atoms with Crippen LogP contribution in [0.25, 0.3) is 0 Å². The summed E-state index contributed by atoms with van der Waals surface area (Å²) in [4.78, 5) is 16.4. The Balaban J connectivity index is 2.07. The van der Waals surface area contributed by atoms with Gasteiger partial charge >= 0.3 is 0 Å². The van der Waals surface area contributed by atoms with E-state index in [9.17, 15) is 4.79 Å². The number of nitrogens with zero attached hydrogens (tertiary/aromatic N) is 4. The minimum atomic E-state index is -0.0611. The number of hydrogen-bond acceptors (Lipinski definition) is 5. The van der Waals surface area contributed by atoms with Crippen LogP contribution in [0.1, 0.15) is 23.8 Å². The second-order valence-corrected chi connectivity index (χ2v) is 4.64. The Morgan fingerprint density at radius 2 is 2.22 bits per heavy atom. The standard InChI is InChI=1S/C12H19N5O/c1-3-9-8-17(7-6-16(9)2)12(18)10-4-5-11(13)15-14-10/h4-5,9H,3,6-8H2,1-2H3,(H2,13,15). The highest BCUT2D eigenvalue weighted by Gasteiger charge is 2.27. The van der Waals surface area contributed by atoms with Gasteiger partial charge in [-0.05, 0) is 25.6 Å². The first-order valence-electron chi connectivity index (χ1n) is 6.20. The van der Waals surface area contributed by atoms with Gasteiger partial charge in [0.05, 0.1) is 0 Å². The predicted octanol–water partition coefficient (Wildman–Crippen LogP) is 0.225. The van der Waals surface area contributed by atoms with E-state index in [-0.39, 0.29) is 5.91 Å². The van der Waals surface area contributed by atoms with Gasteiger partial charge in [-0.2, -0.15) is 0 Å². The summed E-state index contributed by atoms with van der Waals surface area (Å²) in [6.45, 7) is 4.51. The van der Waals surface area contributed by atoms with Gasteiger partial charge in [-0.25, -0.2) is 0 Å². The van der Waals surface area contributed by atoms with E-state index >= 15 is 0 Å². The molecule has 6 nitrogen and oxygen atoms in total. The Bertz CT molecular complexity index is 419. The summed E-state index contributed by atoms with van der Waals surface area (Å²) in [5.74, 6) is 0.269. The van der Waals surface area contributed by atoms with E-state index < -0.39 is 0 Å². The molecule has 1 saturated heterocycles. The number of likely N-dealkylation sites (N-methyl/N-ethyl adjacent to an activating group) is 1. The number of hydrogen-bond donors (Lipinski definition) is 1. The molecule has 1 aliphatic heterocycles. The summed E-state index contributed by atoms with van der Waals surface area (Å²) < 4.78 is 0. The summed E-state index contributed by atoms with van der Waals surface area (Å²) in [5.41, 5.74) is 5.83. The van der Waals surface area contributed by atoms with Crippen molar-refractivity contribution in [3.05, 3.63) is 17.8 Å². The van der Waals surface area contributed by atoms with E-state index in [0.717, 1.165) is 26.1 Å². The van der Waals surface area contributed by atoms with Crippen LogP contribution in [0.3, 0.4) is 0 Å². The zero-order valence-electron chi connectivity index (χ0n) is 10.8. The lowest BCUT2D eigenvalue weighted by Crippen LogP contribution is -2.53. The first kappa shape index (κ1) is 12.8. The van der Waals surface area contributed by atoms with Crippen LogP contribution in [0, 0.1) is 0 Å². The van der Waals surface area contributed by atoms with E-state index in [2.05, 4.69) is 29.1 Å². The Kier molecular flexibility index (Phi) is 3.76. The van der Waals surface area contributed by atoms with Gasteiger partial charge in [0, 0.05) is 25.7 Å². The fraction of sp³-hybridized carbons (Fsp3) is 0.583. The van der Waals surface area contributed by atoms with Crippen LogP contribution in [-0.4, -0.2) is 58.6 Å². The fourth-order valence-corrected chi connectivity index (χ4v) is 2.19.